The van der Waals surface area contributed by atoms with Gasteiger partial charge in [-0.1, -0.05) is 39.0 Å². The van der Waals surface area contributed by atoms with Crippen LogP contribution in [-0.4, -0.2) is 10.1 Å². The summed E-state index contributed by atoms with van der Waals surface area (Å²) in [5.41, 5.74) is 2.19. The van der Waals surface area contributed by atoms with E-state index in [0.717, 1.165) is 29.3 Å². The second-order valence-electron chi connectivity index (χ2n) is 6.03. The van der Waals surface area contributed by atoms with Gasteiger partial charge in [-0.25, -0.2) is 0 Å². The second kappa shape index (κ2) is 5.07. The molecule has 2 aromatic rings. The molecule has 1 unspecified atom stereocenters. The highest BCUT2D eigenvalue weighted by atomic mass is 16.3. The van der Waals surface area contributed by atoms with Crippen molar-refractivity contribution in [1.29, 1.82) is 0 Å². The molecule has 2 nitrogen and oxygen atoms in total. The summed E-state index contributed by atoms with van der Waals surface area (Å²) >= 11 is 0. The van der Waals surface area contributed by atoms with Gasteiger partial charge < -0.3 is 5.11 Å². The molecule has 1 aromatic carbocycles. The Labute approximate surface area is 109 Å². The number of aliphatic hydroxyl groups is 1. The number of aromatic nitrogens is 1. The molecule has 1 atom stereocenters. The number of pyridine rings is 1. The molecule has 1 N–H and O–H groups in total. The number of nitrogens with zero attached hydrogens (tertiary/aromatic N) is 1. The summed E-state index contributed by atoms with van der Waals surface area (Å²) in [4.78, 5) is 4.32. The summed E-state index contributed by atoms with van der Waals surface area (Å²) in [6.45, 7) is 6.60. The van der Waals surface area contributed by atoms with E-state index < -0.39 is 6.10 Å². The Morgan fingerprint density at radius 1 is 1.17 bits per heavy atom. The fourth-order valence-corrected chi connectivity index (χ4v) is 2.13. The first-order valence-corrected chi connectivity index (χ1v) is 6.49. The number of hydrogen-bond acceptors (Lipinski definition) is 2. The minimum absolute atomic E-state index is 0.254. The van der Waals surface area contributed by atoms with Crippen molar-refractivity contribution in [3.05, 3.63) is 42.1 Å². The number of rotatable bonds is 3. The fourth-order valence-electron chi connectivity index (χ4n) is 2.13. The molecule has 0 aliphatic rings. The molecule has 0 saturated heterocycles. The van der Waals surface area contributed by atoms with Crippen LogP contribution in [0.5, 0.6) is 0 Å². The molecule has 2 heteroatoms. The molecule has 18 heavy (non-hydrogen) atoms. The second-order valence-corrected chi connectivity index (χ2v) is 6.03. The fraction of sp³-hybridized carbons (Fsp3) is 0.438. The normalized spacial score (nSPS) is 13.8. The van der Waals surface area contributed by atoms with Gasteiger partial charge >= 0.3 is 0 Å². The molecule has 0 saturated carbocycles. The number of benzene rings is 1. The van der Waals surface area contributed by atoms with E-state index in [1.165, 1.54) is 0 Å². The Balaban J connectivity index is 2.25. The Bertz CT molecular complexity index is 523. The molecule has 0 amide bonds. The lowest BCUT2D eigenvalue weighted by molar-refractivity contribution is 0.149. The van der Waals surface area contributed by atoms with Crippen LogP contribution in [0.2, 0.25) is 0 Å². The predicted octanol–water partition coefficient (Wildman–Crippen LogP) is 4.09. The average Bonchev–Trinajstić information content (AvgIpc) is 2.34. The summed E-state index contributed by atoms with van der Waals surface area (Å²) < 4.78 is 0. The van der Waals surface area contributed by atoms with Crippen molar-refractivity contribution < 1.29 is 5.11 Å². The highest BCUT2D eigenvalue weighted by Gasteiger charge is 2.16. The lowest BCUT2D eigenvalue weighted by Crippen LogP contribution is -2.08. The van der Waals surface area contributed by atoms with Crippen LogP contribution in [0.3, 0.4) is 0 Å². The van der Waals surface area contributed by atoms with Crippen LogP contribution in [-0.2, 0) is 0 Å². The summed E-state index contributed by atoms with van der Waals surface area (Å²) in [5.74, 6) is 0. The maximum atomic E-state index is 10.4. The van der Waals surface area contributed by atoms with Crippen molar-refractivity contribution in [2.24, 2.45) is 5.41 Å². The zero-order valence-electron chi connectivity index (χ0n) is 11.4. The van der Waals surface area contributed by atoms with E-state index in [2.05, 4.69) is 25.8 Å². The topological polar surface area (TPSA) is 33.1 Å². The van der Waals surface area contributed by atoms with Crippen molar-refractivity contribution in [2.45, 2.75) is 39.7 Å². The van der Waals surface area contributed by atoms with E-state index in [0.29, 0.717) is 0 Å². The van der Waals surface area contributed by atoms with Crippen LogP contribution in [0.15, 0.2) is 36.5 Å². The Morgan fingerprint density at radius 3 is 2.61 bits per heavy atom. The largest absolute Gasteiger partial charge is 0.388 e. The van der Waals surface area contributed by atoms with Gasteiger partial charge in [0, 0.05) is 11.6 Å². The maximum absolute atomic E-state index is 10.4. The molecule has 0 fully saturated rings. The first-order chi connectivity index (χ1) is 8.47. The van der Waals surface area contributed by atoms with Crippen LogP contribution in [0.25, 0.3) is 10.9 Å². The van der Waals surface area contributed by atoms with Crippen LogP contribution in [0.4, 0.5) is 0 Å². The first kappa shape index (κ1) is 13.0. The van der Waals surface area contributed by atoms with Crippen molar-refractivity contribution in [3.63, 3.8) is 0 Å². The third kappa shape index (κ3) is 3.08. The zero-order valence-corrected chi connectivity index (χ0v) is 11.4. The van der Waals surface area contributed by atoms with E-state index in [1.54, 1.807) is 6.20 Å². The lowest BCUT2D eigenvalue weighted by atomic mass is 9.87. The molecule has 0 aliphatic heterocycles. The summed E-state index contributed by atoms with van der Waals surface area (Å²) in [6.07, 6.45) is 3.16. The molecule has 1 aromatic heterocycles. The van der Waals surface area contributed by atoms with Crippen molar-refractivity contribution in [2.75, 3.05) is 0 Å². The van der Waals surface area contributed by atoms with Gasteiger partial charge in [0.25, 0.3) is 0 Å². The van der Waals surface area contributed by atoms with Gasteiger partial charge in [0.1, 0.15) is 0 Å². The Hall–Kier alpha value is -1.41. The van der Waals surface area contributed by atoms with Gasteiger partial charge in [-0.2, -0.15) is 0 Å². The quantitative estimate of drug-likeness (QED) is 0.880. The van der Waals surface area contributed by atoms with Crippen LogP contribution in [0, 0.1) is 5.41 Å². The maximum Gasteiger partial charge on any atom is 0.0797 e. The molecular weight excluding hydrogens is 222 g/mol. The number of aliphatic hydroxyl groups excluding tert-OH is 1. The summed E-state index contributed by atoms with van der Waals surface area (Å²) in [7, 11) is 0. The van der Waals surface area contributed by atoms with Gasteiger partial charge in [0.15, 0.2) is 0 Å². The van der Waals surface area contributed by atoms with Gasteiger partial charge in [-0.05, 0) is 36.0 Å². The molecular formula is C16H21NO. The van der Waals surface area contributed by atoms with Gasteiger partial charge in [-0.3, -0.25) is 4.98 Å². The van der Waals surface area contributed by atoms with Gasteiger partial charge in [0.05, 0.1) is 11.6 Å². The van der Waals surface area contributed by atoms with Crippen LogP contribution < -0.4 is 0 Å². The molecule has 0 bridgehead atoms. The monoisotopic (exact) mass is 243 g/mol. The van der Waals surface area contributed by atoms with Crippen molar-refractivity contribution in [1.82, 2.24) is 4.98 Å². The summed E-state index contributed by atoms with van der Waals surface area (Å²) in [6, 6.07) is 9.90. The van der Waals surface area contributed by atoms with Crippen LogP contribution >= 0.6 is 0 Å². The minimum atomic E-state index is -0.405. The third-order valence-corrected chi connectivity index (χ3v) is 3.21. The lowest BCUT2D eigenvalue weighted by Gasteiger charge is -2.21. The first-order valence-electron chi connectivity index (χ1n) is 6.49. The number of fused-ring (bicyclic) bond motifs is 1. The van der Waals surface area contributed by atoms with E-state index in [4.69, 9.17) is 0 Å². The highest BCUT2D eigenvalue weighted by molar-refractivity contribution is 5.82. The minimum Gasteiger partial charge on any atom is -0.388 e. The molecule has 2 rings (SSSR count). The zero-order chi connectivity index (χ0) is 13.2. The van der Waals surface area contributed by atoms with Gasteiger partial charge in [-0.15, -0.1) is 0 Å². The molecule has 96 valence electrons. The Kier molecular flexibility index (Phi) is 3.67. The third-order valence-electron chi connectivity index (χ3n) is 3.21. The summed E-state index contributed by atoms with van der Waals surface area (Å²) in [5, 5.41) is 11.4. The SMILES string of the molecule is CC(C)(C)CCC(O)c1ccnc2ccccc12. The van der Waals surface area contributed by atoms with E-state index in [1.807, 2.05) is 30.3 Å². The van der Waals surface area contributed by atoms with Crippen molar-refractivity contribution in [3.8, 4) is 0 Å². The van der Waals surface area contributed by atoms with Crippen molar-refractivity contribution >= 4 is 10.9 Å². The predicted molar refractivity (Wildman–Crippen MR) is 75.4 cm³/mol. The standard InChI is InChI=1S/C16H21NO/c1-16(2,3)10-8-15(18)13-9-11-17-14-7-5-4-6-12(13)14/h4-7,9,11,15,18H,8,10H2,1-3H3. The molecule has 0 spiro atoms. The van der Waals surface area contributed by atoms with Gasteiger partial charge in [0.2, 0.25) is 0 Å². The highest BCUT2D eigenvalue weighted by Crippen LogP contribution is 2.30. The number of hydrogen-bond donors (Lipinski definition) is 1. The van der Waals surface area contributed by atoms with E-state index in [9.17, 15) is 5.11 Å². The molecule has 1 heterocycles. The number of para-hydroxylation sites is 1. The molecule has 0 aliphatic carbocycles. The van der Waals surface area contributed by atoms with E-state index in [-0.39, 0.29) is 5.41 Å². The molecule has 0 radical (unpaired) electrons. The average molecular weight is 243 g/mol. The van der Waals surface area contributed by atoms with E-state index >= 15 is 0 Å². The smallest absolute Gasteiger partial charge is 0.0797 e. The Morgan fingerprint density at radius 2 is 1.89 bits per heavy atom. The van der Waals surface area contributed by atoms with Crippen LogP contribution in [0.1, 0.15) is 45.3 Å².